The van der Waals surface area contributed by atoms with Crippen LogP contribution in [0, 0.1) is 6.92 Å². The van der Waals surface area contributed by atoms with Crippen molar-refractivity contribution in [2.75, 3.05) is 13.6 Å². The average molecular weight is 277 g/mol. The van der Waals surface area contributed by atoms with Crippen molar-refractivity contribution in [1.29, 1.82) is 0 Å². The van der Waals surface area contributed by atoms with Crippen LogP contribution in [0.25, 0.3) is 10.8 Å². The quantitative estimate of drug-likeness (QED) is 0.639. The van der Waals surface area contributed by atoms with Crippen molar-refractivity contribution < 1.29 is 8.99 Å². The highest BCUT2D eigenvalue weighted by atomic mass is 16.3. The lowest BCUT2D eigenvalue weighted by Gasteiger charge is -2.14. The van der Waals surface area contributed by atoms with Crippen molar-refractivity contribution >= 4 is 16.5 Å². The molecule has 0 amide bonds. The van der Waals surface area contributed by atoms with E-state index in [1.807, 2.05) is 0 Å². The zero-order valence-electron chi connectivity index (χ0n) is 12.3. The number of hydrogen-bond donors (Lipinski definition) is 0. The molecule has 3 aromatic rings. The highest BCUT2D eigenvalue weighted by Gasteiger charge is 2.30. The van der Waals surface area contributed by atoms with Gasteiger partial charge in [-0.25, -0.2) is 9.56 Å². The normalized spacial score (nSPS) is 14.6. The summed E-state index contributed by atoms with van der Waals surface area (Å²) in [6.45, 7) is 3.16. The summed E-state index contributed by atoms with van der Waals surface area (Å²) in [4.78, 5) is 4.34. The van der Waals surface area contributed by atoms with E-state index in [0.29, 0.717) is 0 Å². The first-order valence-electron chi connectivity index (χ1n) is 7.25. The lowest BCUT2D eigenvalue weighted by molar-refractivity contribution is -0.497. The van der Waals surface area contributed by atoms with E-state index in [1.54, 1.807) is 6.39 Å². The molecule has 2 aromatic carbocycles. The summed E-state index contributed by atoms with van der Waals surface area (Å²) >= 11 is 0. The predicted molar refractivity (Wildman–Crippen MR) is 83.2 cm³/mol. The van der Waals surface area contributed by atoms with Gasteiger partial charge >= 0.3 is 0 Å². The molecule has 2 heterocycles. The molecule has 0 saturated heterocycles. The highest BCUT2D eigenvalue weighted by molar-refractivity contribution is 6.12. The minimum Gasteiger partial charge on any atom is -0.437 e. The number of likely N-dealkylation sites (N-methyl/N-ethyl adjacent to an activating group) is 1. The summed E-state index contributed by atoms with van der Waals surface area (Å²) in [5.41, 5.74) is 4.74. The third kappa shape index (κ3) is 1.81. The fourth-order valence-corrected chi connectivity index (χ4v) is 3.21. The van der Waals surface area contributed by atoms with E-state index >= 15 is 0 Å². The first-order chi connectivity index (χ1) is 10.3. The molecule has 0 fully saturated rings. The van der Waals surface area contributed by atoms with E-state index in [0.717, 1.165) is 30.1 Å². The van der Waals surface area contributed by atoms with Gasteiger partial charge in [-0.15, -0.1) is 0 Å². The van der Waals surface area contributed by atoms with Gasteiger partial charge in [-0.05, 0) is 29.3 Å². The van der Waals surface area contributed by atoms with Crippen LogP contribution in [0.4, 0.5) is 0 Å². The third-order valence-electron chi connectivity index (χ3n) is 4.38. The van der Waals surface area contributed by atoms with Gasteiger partial charge in [0.2, 0.25) is 5.76 Å². The second-order valence-corrected chi connectivity index (χ2v) is 5.61. The monoisotopic (exact) mass is 277 g/mol. The van der Waals surface area contributed by atoms with E-state index in [1.165, 1.54) is 21.9 Å². The van der Waals surface area contributed by atoms with Crippen LogP contribution in [-0.2, 0) is 6.42 Å². The molecule has 0 bridgehead atoms. The highest BCUT2D eigenvalue weighted by Crippen LogP contribution is 2.26. The lowest BCUT2D eigenvalue weighted by Crippen LogP contribution is -2.28. The molecule has 1 aliphatic rings. The second-order valence-electron chi connectivity index (χ2n) is 5.61. The van der Waals surface area contributed by atoms with E-state index in [9.17, 15) is 0 Å². The van der Waals surface area contributed by atoms with Crippen LogP contribution in [0.2, 0.25) is 0 Å². The SMILES string of the molecule is Cc1c(C2=[N+](C)CCc3ncoc32)ccc2ccccc12. The third-order valence-corrected chi connectivity index (χ3v) is 4.38. The number of fused-ring (bicyclic) bond motifs is 2. The number of benzene rings is 2. The molecule has 3 heteroatoms. The summed E-state index contributed by atoms with van der Waals surface area (Å²) < 4.78 is 7.94. The van der Waals surface area contributed by atoms with Crippen molar-refractivity contribution in [1.82, 2.24) is 4.98 Å². The molecule has 4 rings (SSSR count). The summed E-state index contributed by atoms with van der Waals surface area (Å²) in [5, 5.41) is 2.57. The minimum atomic E-state index is 0.919. The molecule has 104 valence electrons. The maximum atomic E-state index is 5.67. The number of rotatable bonds is 1. The van der Waals surface area contributed by atoms with Gasteiger partial charge in [0.25, 0.3) is 5.71 Å². The van der Waals surface area contributed by atoms with Gasteiger partial charge < -0.3 is 4.42 Å². The Hall–Kier alpha value is -2.42. The van der Waals surface area contributed by atoms with Crippen LogP contribution in [0.15, 0.2) is 47.2 Å². The summed E-state index contributed by atoms with van der Waals surface area (Å²) in [6.07, 6.45) is 2.50. The first kappa shape index (κ1) is 12.3. The first-order valence-corrected chi connectivity index (χ1v) is 7.25. The van der Waals surface area contributed by atoms with E-state index in [2.05, 4.69) is 59.9 Å². The Balaban J connectivity index is 2.01. The molecule has 0 radical (unpaired) electrons. The van der Waals surface area contributed by atoms with E-state index in [4.69, 9.17) is 4.42 Å². The van der Waals surface area contributed by atoms with Crippen molar-refractivity contribution in [2.45, 2.75) is 13.3 Å². The number of aryl methyl sites for hydroxylation is 1. The smallest absolute Gasteiger partial charge is 0.252 e. The maximum Gasteiger partial charge on any atom is 0.252 e. The Morgan fingerprint density at radius 1 is 1.14 bits per heavy atom. The van der Waals surface area contributed by atoms with Crippen LogP contribution in [0.3, 0.4) is 0 Å². The Morgan fingerprint density at radius 3 is 2.90 bits per heavy atom. The Bertz CT molecular complexity index is 874. The number of oxazole rings is 1. The van der Waals surface area contributed by atoms with Gasteiger partial charge in [-0.2, -0.15) is 0 Å². The second kappa shape index (κ2) is 4.55. The van der Waals surface area contributed by atoms with Crippen LogP contribution < -0.4 is 0 Å². The molecule has 0 N–H and O–H groups in total. The van der Waals surface area contributed by atoms with Crippen LogP contribution >= 0.6 is 0 Å². The zero-order chi connectivity index (χ0) is 14.4. The number of nitrogens with zero attached hydrogens (tertiary/aromatic N) is 2. The van der Waals surface area contributed by atoms with E-state index in [-0.39, 0.29) is 0 Å². The predicted octanol–water partition coefficient (Wildman–Crippen LogP) is 3.17. The largest absolute Gasteiger partial charge is 0.437 e. The topological polar surface area (TPSA) is 29.0 Å². The van der Waals surface area contributed by atoms with Gasteiger partial charge in [0.05, 0.1) is 17.7 Å². The summed E-state index contributed by atoms with van der Waals surface area (Å²) in [7, 11) is 2.12. The lowest BCUT2D eigenvalue weighted by atomic mass is 9.94. The molecule has 1 aliphatic heterocycles. The molecular formula is C18H17N2O+. The fourth-order valence-electron chi connectivity index (χ4n) is 3.21. The Labute approximate surface area is 123 Å². The van der Waals surface area contributed by atoms with Gasteiger partial charge in [0, 0.05) is 0 Å². The van der Waals surface area contributed by atoms with Crippen molar-refractivity contribution in [3.63, 3.8) is 0 Å². The molecule has 0 aliphatic carbocycles. The van der Waals surface area contributed by atoms with Crippen LogP contribution in [0.1, 0.15) is 22.6 Å². The number of hydrogen-bond acceptors (Lipinski definition) is 2. The molecule has 3 nitrogen and oxygen atoms in total. The number of aromatic nitrogens is 1. The van der Waals surface area contributed by atoms with Gasteiger partial charge in [0.15, 0.2) is 6.39 Å². The zero-order valence-corrected chi connectivity index (χ0v) is 12.3. The standard InChI is InChI=1S/C18H17N2O/c1-12-14-6-4-3-5-13(14)7-8-15(12)17-18-16(19-11-21-18)9-10-20(17)2/h3-8,11H,9-10H2,1-2H3/q+1. The molecule has 21 heavy (non-hydrogen) atoms. The summed E-state index contributed by atoms with van der Waals surface area (Å²) in [6, 6.07) is 12.9. The van der Waals surface area contributed by atoms with E-state index < -0.39 is 0 Å². The molecule has 0 atom stereocenters. The average Bonchev–Trinajstić information content (AvgIpc) is 2.97. The fraction of sp³-hybridized carbons (Fsp3) is 0.222. The van der Waals surface area contributed by atoms with Crippen molar-refractivity contribution in [3.05, 3.63) is 65.4 Å². The van der Waals surface area contributed by atoms with Crippen LogP contribution in [-0.4, -0.2) is 28.9 Å². The van der Waals surface area contributed by atoms with Gasteiger partial charge in [0.1, 0.15) is 13.6 Å². The Kier molecular flexibility index (Phi) is 2.67. The molecule has 1 aromatic heterocycles. The Morgan fingerprint density at radius 2 is 2.00 bits per heavy atom. The van der Waals surface area contributed by atoms with Gasteiger partial charge in [-0.3, -0.25) is 0 Å². The molecule has 0 saturated carbocycles. The molecule has 0 spiro atoms. The maximum absolute atomic E-state index is 5.67. The van der Waals surface area contributed by atoms with Crippen molar-refractivity contribution in [2.24, 2.45) is 0 Å². The minimum absolute atomic E-state index is 0.919. The molecular weight excluding hydrogens is 260 g/mol. The summed E-state index contributed by atoms with van der Waals surface area (Å²) in [5.74, 6) is 0.919. The molecule has 0 unspecified atom stereocenters. The van der Waals surface area contributed by atoms with Crippen LogP contribution in [0.5, 0.6) is 0 Å². The van der Waals surface area contributed by atoms with Crippen molar-refractivity contribution in [3.8, 4) is 0 Å². The van der Waals surface area contributed by atoms with Gasteiger partial charge in [-0.1, -0.05) is 30.3 Å².